The zero-order chi connectivity index (χ0) is 22.4. The number of anilines is 1. The van der Waals surface area contributed by atoms with Crippen LogP contribution in [0.15, 0.2) is 42.5 Å². The maximum Gasteiger partial charge on any atom is 0.341 e. The lowest BCUT2D eigenvalue weighted by molar-refractivity contribution is -0.122. The van der Waals surface area contributed by atoms with Crippen LogP contribution in [0.25, 0.3) is 0 Å². The molecule has 0 spiro atoms. The quantitative estimate of drug-likeness (QED) is 0.521. The number of nitrogens with one attached hydrogen (secondary N) is 1. The van der Waals surface area contributed by atoms with Crippen LogP contribution in [-0.2, 0) is 14.9 Å². The molecule has 3 rings (SSSR count). The van der Waals surface area contributed by atoms with Crippen molar-refractivity contribution in [1.82, 2.24) is 0 Å². The van der Waals surface area contributed by atoms with Gasteiger partial charge in [0.2, 0.25) is 5.91 Å². The molecule has 0 radical (unpaired) electrons. The van der Waals surface area contributed by atoms with Crippen LogP contribution in [0.2, 0.25) is 5.02 Å². The third kappa shape index (κ3) is 5.04. The van der Waals surface area contributed by atoms with Crippen molar-refractivity contribution >= 4 is 29.2 Å². The summed E-state index contributed by atoms with van der Waals surface area (Å²) < 4.78 is 10.8. The van der Waals surface area contributed by atoms with Gasteiger partial charge in [0.1, 0.15) is 11.3 Å². The zero-order valence-corrected chi connectivity index (χ0v) is 19.1. The molecule has 1 aliphatic carbocycles. The van der Waals surface area contributed by atoms with Crippen molar-refractivity contribution in [2.24, 2.45) is 0 Å². The number of rotatable bonds is 7. The number of carbonyl (C=O) groups is 2. The van der Waals surface area contributed by atoms with E-state index in [0.717, 1.165) is 44.1 Å². The van der Waals surface area contributed by atoms with Gasteiger partial charge in [-0.25, -0.2) is 4.79 Å². The van der Waals surface area contributed by atoms with Crippen LogP contribution in [-0.4, -0.2) is 25.1 Å². The van der Waals surface area contributed by atoms with Crippen LogP contribution < -0.4 is 10.1 Å². The van der Waals surface area contributed by atoms with E-state index in [1.807, 2.05) is 38.1 Å². The molecule has 0 aliphatic heterocycles. The second-order valence-electron chi connectivity index (χ2n) is 8.12. The molecule has 1 amide bonds. The Morgan fingerprint density at radius 3 is 2.48 bits per heavy atom. The molecule has 1 N–H and O–H groups in total. The number of hydrogen-bond acceptors (Lipinski definition) is 4. The van der Waals surface area contributed by atoms with Crippen molar-refractivity contribution in [3.63, 3.8) is 0 Å². The molecule has 0 bridgehead atoms. The summed E-state index contributed by atoms with van der Waals surface area (Å²) in [5.74, 6) is -0.169. The fraction of sp³-hybridized carbons (Fsp3) is 0.440. The van der Waals surface area contributed by atoms with E-state index in [4.69, 9.17) is 21.1 Å². The number of halogens is 1. The number of hydrogen-bond donors (Lipinski definition) is 1. The number of esters is 1. The van der Waals surface area contributed by atoms with Crippen LogP contribution >= 0.6 is 11.6 Å². The van der Waals surface area contributed by atoms with Gasteiger partial charge in [0, 0.05) is 10.7 Å². The zero-order valence-electron chi connectivity index (χ0n) is 18.4. The average molecular weight is 444 g/mol. The highest BCUT2D eigenvalue weighted by atomic mass is 35.5. The van der Waals surface area contributed by atoms with Crippen molar-refractivity contribution in [3.05, 3.63) is 58.6 Å². The number of ether oxygens (including phenoxy) is 2. The van der Waals surface area contributed by atoms with Crippen LogP contribution in [0, 0.1) is 0 Å². The fourth-order valence-electron chi connectivity index (χ4n) is 4.15. The van der Waals surface area contributed by atoms with Crippen molar-refractivity contribution in [3.8, 4) is 5.75 Å². The summed E-state index contributed by atoms with van der Waals surface area (Å²) in [4.78, 5) is 25.9. The van der Waals surface area contributed by atoms with Gasteiger partial charge in [0.25, 0.3) is 0 Å². The Balaban J connectivity index is 1.93. The van der Waals surface area contributed by atoms with Crippen molar-refractivity contribution in [2.45, 2.75) is 63.9 Å². The third-order valence-electron chi connectivity index (χ3n) is 6.08. The maximum atomic E-state index is 13.6. The summed E-state index contributed by atoms with van der Waals surface area (Å²) in [7, 11) is 1.33. The van der Waals surface area contributed by atoms with Crippen LogP contribution in [0.5, 0.6) is 5.75 Å². The van der Waals surface area contributed by atoms with E-state index in [1.54, 1.807) is 18.2 Å². The third-order valence-corrected chi connectivity index (χ3v) is 6.41. The normalized spacial score (nSPS) is 16.3. The highest BCUT2D eigenvalue weighted by molar-refractivity contribution is 6.31. The Morgan fingerprint density at radius 1 is 1.13 bits per heavy atom. The summed E-state index contributed by atoms with van der Waals surface area (Å²) >= 11 is 6.50. The molecule has 5 nitrogen and oxygen atoms in total. The van der Waals surface area contributed by atoms with Gasteiger partial charge >= 0.3 is 5.97 Å². The minimum Gasteiger partial charge on any atom is -0.490 e. The monoisotopic (exact) mass is 443 g/mol. The number of methoxy groups -OCH3 is 1. The molecule has 2 aromatic rings. The van der Waals surface area contributed by atoms with E-state index in [2.05, 4.69) is 5.32 Å². The van der Waals surface area contributed by atoms with Gasteiger partial charge in [0.15, 0.2) is 0 Å². The first kappa shape index (κ1) is 23.1. The molecule has 0 heterocycles. The van der Waals surface area contributed by atoms with E-state index in [9.17, 15) is 9.59 Å². The highest BCUT2D eigenvalue weighted by Gasteiger charge is 2.42. The van der Waals surface area contributed by atoms with Crippen molar-refractivity contribution in [1.29, 1.82) is 0 Å². The molecular weight excluding hydrogens is 414 g/mol. The van der Waals surface area contributed by atoms with Crippen molar-refractivity contribution in [2.75, 3.05) is 12.4 Å². The molecule has 0 aromatic heterocycles. The smallest absolute Gasteiger partial charge is 0.341 e. The molecule has 0 unspecified atom stereocenters. The summed E-state index contributed by atoms with van der Waals surface area (Å²) in [6, 6.07) is 12.6. The first-order valence-electron chi connectivity index (χ1n) is 10.9. The molecule has 31 heavy (non-hydrogen) atoms. The summed E-state index contributed by atoms with van der Waals surface area (Å²) in [5.41, 5.74) is 0.988. The largest absolute Gasteiger partial charge is 0.490 e. The minimum atomic E-state index is -0.687. The highest BCUT2D eigenvalue weighted by Crippen LogP contribution is 2.43. The van der Waals surface area contributed by atoms with Gasteiger partial charge in [-0.15, -0.1) is 0 Å². The predicted octanol–water partition coefficient (Wildman–Crippen LogP) is 6.14. The van der Waals surface area contributed by atoms with E-state index in [-0.39, 0.29) is 17.6 Å². The fourth-order valence-corrected chi connectivity index (χ4v) is 4.47. The summed E-state index contributed by atoms with van der Waals surface area (Å²) in [5, 5.41) is 3.63. The molecule has 6 heteroatoms. The average Bonchev–Trinajstić information content (AvgIpc) is 2.80. The maximum absolute atomic E-state index is 13.6. The Hall–Kier alpha value is -2.53. The van der Waals surface area contributed by atoms with Gasteiger partial charge in [-0.3, -0.25) is 4.79 Å². The molecule has 1 aliphatic rings. The Morgan fingerprint density at radius 2 is 1.84 bits per heavy atom. The topological polar surface area (TPSA) is 64.6 Å². The molecule has 2 aromatic carbocycles. The van der Waals surface area contributed by atoms with Gasteiger partial charge in [-0.2, -0.15) is 0 Å². The number of amides is 1. The SMILES string of the molecule is CC[C@H](C)Oc1ccc(NC(=O)C2(c3ccccc3Cl)CCCCC2)cc1C(=O)OC. The van der Waals surface area contributed by atoms with E-state index >= 15 is 0 Å². The lowest BCUT2D eigenvalue weighted by Gasteiger charge is -2.37. The molecule has 166 valence electrons. The van der Waals surface area contributed by atoms with E-state index in [0.29, 0.717) is 16.5 Å². The second-order valence-corrected chi connectivity index (χ2v) is 8.52. The lowest BCUT2D eigenvalue weighted by Crippen LogP contribution is -2.42. The summed E-state index contributed by atoms with van der Waals surface area (Å²) in [6.07, 6.45) is 5.27. The molecule has 0 saturated heterocycles. The van der Waals surface area contributed by atoms with Crippen molar-refractivity contribution < 1.29 is 19.1 Å². The molecule has 1 fully saturated rings. The van der Waals surface area contributed by atoms with Crippen LogP contribution in [0.4, 0.5) is 5.69 Å². The number of benzene rings is 2. The van der Waals surface area contributed by atoms with E-state index < -0.39 is 11.4 Å². The standard InChI is InChI=1S/C25H30ClNO4/c1-4-17(2)31-22-13-12-18(16-19(22)23(28)30-3)27-24(29)25(14-8-5-9-15-25)20-10-6-7-11-21(20)26/h6-7,10-13,16-17H,4-5,8-9,14-15H2,1-3H3,(H,27,29)/t17-/m0/s1. The summed E-state index contributed by atoms with van der Waals surface area (Å²) in [6.45, 7) is 3.95. The second kappa shape index (κ2) is 10.2. The van der Waals surface area contributed by atoms with Gasteiger partial charge < -0.3 is 14.8 Å². The Labute approximate surface area is 189 Å². The van der Waals surface area contributed by atoms with E-state index in [1.165, 1.54) is 7.11 Å². The molecular formula is C25H30ClNO4. The Kier molecular flexibility index (Phi) is 7.60. The van der Waals surface area contributed by atoms with Gasteiger partial charge in [0.05, 0.1) is 18.6 Å². The first-order chi connectivity index (χ1) is 14.9. The van der Waals surface area contributed by atoms with Crippen LogP contribution in [0.3, 0.4) is 0 Å². The minimum absolute atomic E-state index is 0.0467. The molecule has 1 atom stereocenters. The number of carbonyl (C=O) groups excluding carboxylic acids is 2. The lowest BCUT2D eigenvalue weighted by atomic mass is 9.68. The van der Waals surface area contributed by atoms with Gasteiger partial charge in [-0.05, 0) is 56.0 Å². The van der Waals surface area contributed by atoms with Crippen LogP contribution in [0.1, 0.15) is 68.3 Å². The predicted molar refractivity (Wildman–Crippen MR) is 123 cm³/mol. The Bertz CT molecular complexity index is 937. The first-order valence-corrected chi connectivity index (χ1v) is 11.2. The molecule has 1 saturated carbocycles. The van der Waals surface area contributed by atoms with Gasteiger partial charge in [-0.1, -0.05) is 56.0 Å².